The van der Waals surface area contributed by atoms with Gasteiger partial charge in [-0.3, -0.25) is 4.79 Å². The van der Waals surface area contributed by atoms with Crippen LogP contribution in [0.4, 0.5) is 0 Å². The number of H-pyrrole nitrogens is 1. The summed E-state index contributed by atoms with van der Waals surface area (Å²) >= 11 is 0. The second kappa shape index (κ2) is 6.58. The monoisotopic (exact) mass is 354 g/mol. The van der Waals surface area contributed by atoms with Crippen LogP contribution in [0, 0.1) is 18.3 Å². The van der Waals surface area contributed by atoms with Crippen molar-refractivity contribution in [2.45, 2.75) is 20.4 Å². The molecule has 132 valence electrons. The fraction of sp³-hybridized carbons (Fsp3) is 0.136. The molecule has 0 aliphatic heterocycles. The third-order valence-electron chi connectivity index (χ3n) is 4.87. The predicted molar refractivity (Wildman–Crippen MR) is 108 cm³/mol. The number of nitriles is 1. The summed E-state index contributed by atoms with van der Waals surface area (Å²) in [6.07, 6.45) is 1.82. The molecule has 27 heavy (non-hydrogen) atoms. The van der Waals surface area contributed by atoms with Gasteiger partial charge in [0, 0.05) is 28.7 Å². The summed E-state index contributed by atoms with van der Waals surface area (Å²) in [6.45, 7) is 4.98. The molecule has 5 nitrogen and oxygen atoms in total. The lowest BCUT2D eigenvalue weighted by Crippen LogP contribution is -2.11. The highest BCUT2D eigenvalue weighted by Crippen LogP contribution is 2.29. The second-order valence-corrected chi connectivity index (χ2v) is 6.36. The Bertz CT molecular complexity index is 1300. The number of aryl methyl sites for hydroxylation is 1. The molecule has 0 aliphatic carbocycles. The number of para-hydroxylation sites is 2. The maximum absolute atomic E-state index is 12.4. The van der Waals surface area contributed by atoms with Crippen LogP contribution in [0.25, 0.3) is 33.5 Å². The first kappa shape index (κ1) is 16.8. The molecule has 0 spiro atoms. The standard InChI is InChI=1S/C22H18N4O/c1-3-26-14(2)18(16-8-5-7-11-20(16)26)12-15(13-23)21-24-19-10-6-4-9-17(19)22(27)25-21/h4-12H,3H2,1-2H3,(H,24,25,27)/b15-12-. The number of allylic oxidation sites excluding steroid dienone is 1. The highest BCUT2D eigenvalue weighted by Gasteiger charge is 2.14. The van der Waals surface area contributed by atoms with Crippen LogP contribution >= 0.6 is 0 Å². The van der Waals surface area contributed by atoms with E-state index < -0.39 is 0 Å². The molecule has 4 rings (SSSR count). The van der Waals surface area contributed by atoms with Gasteiger partial charge in [0.05, 0.1) is 16.5 Å². The molecule has 2 aromatic heterocycles. The molecular weight excluding hydrogens is 336 g/mol. The molecule has 2 aromatic carbocycles. The Morgan fingerprint density at radius 2 is 1.89 bits per heavy atom. The van der Waals surface area contributed by atoms with Gasteiger partial charge in [0.15, 0.2) is 5.82 Å². The zero-order valence-corrected chi connectivity index (χ0v) is 15.2. The minimum atomic E-state index is -0.246. The first-order valence-electron chi connectivity index (χ1n) is 8.83. The third kappa shape index (κ3) is 2.72. The average molecular weight is 354 g/mol. The Morgan fingerprint density at radius 1 is 1.19 bits per heavy atom. The summed E-state index contributed by atoms with van der Waals surface area (Å²) in [5.74, 6) is 0.286. The molecule has 5 heteroatoms. The van der Waals surface area contributed by atoms with E-state index >= 15 is 0 Å². The van der Waals surface area contributed by atoms with Crippen molar-refractivity contribution in [1.29, 1.82) is 5.26 Å². The van der Waals surface area contributed by atoms with E-state index in [2.05, 4.69) is 33.6 Å². The predicted octanol–water partition coefficient (Wildman–Crippen LogP) is 4.27. The van der Waals surface area contributed by atoms with Gasteiger partial charge in [0.1, 0.15) is 6.07 Å². The Morgan fingerprint density at radius 3 is 2.63 bits per heavy atom. The number of aromatic amines is 1. The quantitative estimate of drug-likeness (QED) is 0.558. The number of nitrogens with one attached hydrogen (secondary N) is 1. The van der Waals surface area contributed by atoms with Crippen molar-refractivity contribution in [3.05, 3.63) is 76.0 Å². The van der Waals surface area contributed by atoms with E-state index in [4.69, 9.17) is 0 Å². The largest absolute Gasteiger partial charge is 0.345 e. The van der Waals surface area contributed by atoms with Gasteiger partial charge in [-0.15, -0.1) is 0 Å². The van der Waals surface area contributed by atoms with E-state index in [0.29, 0.717) is 16.5 Å². The topological polar surface area (TPSA) is 74.5 Å². The average Bonchev–Trinajstić information content (AvgIpc) is 2.96. The lowest BCUT2D eigenvalue weighted by molar-refractivity contribution is 0.769. The lowest BCUT2D eigenvalue weighted by Gasteiger charge is -2.04. The van der Waals surface area contributed by atoms with Gasteiger partial charge in [-0.2, -0.15) is 5.26 Å². The second-order valence-electron chi connectivity index (χ2n) is 6.36. The minimum absolute atomic E-state index is 0.246. The van der Waals surface area contributed by atoms with Crippen LogP contribution < -0.4 is 5.56 Å². The van der Waals surface area contributed by atoms with Gasteiger partial charge in [-0.05, 0) is 38.1 Å². The first-order valence-corrected chi connectivity index (χ1v) is 8.83. The number of rotatable bonds is 3. The van der Waals surface area contributed by atoms with Crippen LogP contribution in [0.15, 0.2) is 53.3 Å². The van der Waals surface area contributed by atoms with E-state index in [1.165, 1.54) is 0 Å². The lowest BCUT2D eigenvalue weighted by atomic mass is 10.1. The molecule has 0 bridgehead atoms. The summed E-state index contributed by atoms with van der Waals surface area (Å²) in [5.41, 5.74) is 3.84. The van der Waals surface area contributed by atoms with E-state index in [0.717, 1.165) is 28.7 Å². The van der Waals surface area contributed by atoms with Crippen LogP contribution in [0.3, 0.4) is 0 Å². The number of benzene rings is 2. The highest BCUT2D eigenvalue weighted by atomic mass is 16.1. The number of aromatic nitrogens is 3. The summed E-state index contributed by atoms with van der Waals surface area (Å²) < 4.78 is 2.22. The Balaban J connectivity index is 1.96. The Hall–Kier alpha value is -3.65. The fourth-order valence-corrected chi connectivity index (χ4v) is 3.56. The molecule has 0 atom stereocenters. The van der Waals surface area contributed by atoms with Gasteiger partial charge in [-0.25, -0.2) is 4.98 Å². The number of fused-ring (bicyclic) bond motifs is 2. The third-order valence-corrected chi connectivity index (χ3v) is 4.87. The van der Waals surface area contributed by atoms with Gasteiger partial charge < -0.3 is 9.55 Å². The summed E-state index contributed by atoms with van der Waals surface area (Å²) in [5, 5.41) is 11.3. The van der Waals surface area contributed by atoms with E-state index in [1.807, 2.05) is 37.3 Å². The molecule has 0 unspecified atom stereocenters. The summed E-state index contributed by atoms with van der Waals surface area (Å²) in [4.78, 5) is 19.6. The molecule has 0 amide bonds. The Labute approximate surface area is 156 Å². The smallest absolute Gasteiger partial charge is 0.259 e. The molecule has 1 N–H and O–H groups in total. The number of nitrogens with zero attached hydrogens (tertiary/aromatic N) is 3. The van der Waals surface area contributed by atoms with Gasteiger partial charge in [0.25, 0.3) is 5.56 Å². The van der Waals surface area contributed by atoms with E-state index in [9.17, 15) is 10.1 Å². The van der Waals surface area contributed by atoms with E-state index in [-0.39, 0.29) is 11.4 Å². The SMILES string of the molecule is CCn1c(C)c(/C=C(/C#N)c2nc3ccccc3c(=O)[nH]2)c2ccccc21. The van der Waals surface area contributed by atoms with Crippen LogP contribution in [0.5, 0.6) is 0 Å². The maximum Gasteiger partial charge on any atom is 0.259 e. The first-order chi connectivity index (χ1) is 13.1. The molecule has 0 aliphatic rings. The zero-order valence-electron chi connectivity index (χ0n) is 15.2. The summed E-state index contributed by atoms with van der Waals surface area (Å²) in [7, 11) is 0. The zero-order chi connectivity index (χ0) is 19.0. The molecule has 0 saturated carbocycles. The van der Waals surface area contributed by atoms with Gasteiger partial charge in [0.2, 0.25) is 0 Å². The van der Waals surface area contributed by atoms with E-state index in [1.54, 1.807) is 18.2 Å². The van der Waals surface area contributed by atoms with Crippen LogP contribution in [-0.2, 0) is 6.54 Å². The maximum atomic E-state index is 12.4. The summed E-state index contributed by atoms with van der Waals surface area (Å²) in [6, 6.07) is 17.4. The van der Waals surface area contributed by atoms with Gasteiger partial charge >= 0.3 is 0 Å². The van der Waals surface area contributed by atoms with Crippen molar-refractivity contribution in [3.8, 4) is 6.07 Å². The molecule has 0 radical (unpaired) electrons. The molecule has 0 fully saturated rings. The normalized spacial score (nSPS) is 11.8. The highest BCUT2D eigenvalue weighted by molar-refractivity contribution is 5.98. The number of hydrogen-bond donors (Lipinski definition) is 1. The van der Waals surface area contributed by atoms with Crippen LogP contribution in [-0.4, -0.2) is 14.5 Å². The minimum Gasteiger partial charge on any atom is -0.345 e. The van der Waals surface area contributed by atoms with Gasteiger partial charge in [-0.1, -0.05) is 30.3 Å². The molecule has 2 heterocycles. The van der Waals surface area contributed by atoms with Crippen molar-refractivity contribution in [2.75, 3.05) is 0 Å². The van der Waals surface area contributed by atoms with Crippen molar-refractivity contribution in [3.63, 3.8) is 0 Å². The van der Waals surface area contributed by atoms with Crippen molar-refractivity contribution in [2.24, 2.45) is 0 Å². The van der Waals surface area contributed by atoms with Crippen molar-refractivity contribution < 1.29 is 0 Å². The fourth-order valence-electron chi connectivity index (χ4n) is 3.56. The van der Waals surface area contributed by atoms with Crippen LogP contribution in [0.1, 0.15) is 24.0 Å². The van der Waals surface area contributed by atoms with Crippen molar-refractivity contribution in [1.82, 2.24) is 14.5 Å². The number of hydrogen-bond acceptors (Lipinski definition) is 3. The molecule has 4 aromatic rings. The Kier molecular flexibility index (Phi) is 4.09. The van der Waals surface area contributed by atoms with Crippen molar-refractivity contribution >= 4 is 33.5 Å². The molecule has 0 saturated heterocycles. The molecular formula is C22H18N4O. The van der Waals surface area contributed by atoms with Crippen LogP contribution in [0.2, 0.25) is 0 Å².